The van der Waals surface area contributed by atoms with E-state index in [4.69, 9.17) is 9.47 Å². The van der Waals surface area contributed by atoms with Crippen molar-refractivity contribution in [2.75, 3.05) is 24.7 Å². The molecule has 0 aliphatic carbocycles. The molecule has 0 radical (unpaired) electrons. The zero-order valence-corrected chi connectivity index (χ0v) is 14.7. The minimum absolute atomic E-state index is 0.268. The lowest BCUT2D eigenvalue weighted by atomic mass is 10.1. The Kier molecular flexibility index (Phi) is 4.85. The van der Waals surface area contributed by atoms with E-state index >= 15 is 0 Å². The van der Waals surface area contributed by atoms with Crippen LogP contribution in [0, 0.1) is 6.92 Å². The predicted octanol–water partition coefficient (Wildman–Crippen LogP) is 3.34. The summed E-state index contributed by atoms with van der Waals surface area (Å²) in [4.78, 5) is 26.1. The van der Waals surface area contributed by atoms with Crippen LogP contribution in [0.15, 0.2) is 46.9 Å². The molecule has 5 nitrogen and oxygen atoms in total. The van der Waals surface area contributed by atoms with Crippen molar-refractivity contribution in [2.45, 2.75) is 6.92 Å². The Hall–Kier alpha value is -2.34. The summed E-state index contributed by atoms with van der Waals surface area (Å²) < 4.78 is 11.6. The maximum absolute atomic E-state index is 12.4. The number of esters is 1. The lowest BCUT2D eigenvalue weighted by Crippen LogP contribution is -2.40. The molecule has 0 saturated carbocycles. The molecular formula is C18H16BrNO4. The van der Waals surface area contributed by atoms with Crippen LogP contribution in [0.25, 0.3) is 0 Å². The topological polar surface area (TPSA) is 55.8 Å². The Bertz CT molecular complexity index is 773. The van der Waals surface area contributed by atoms with Crippen LogP contribution in [0.4, 0.5) is 5.69 Å². The number of nitrogens with zero attached hydrogens (tertiary/aromatic N) is 1. The van der Waals surface area contributed by atoms with Crippen molar-refractivity contribution >= 4 is 33.5 Å². The number of fused-ring (bicyclic) bond motifs is 1. The lowest BCUT2D eigenvalue weighted by Gasteiger charge is -2.29. The van der Waals surface area contributed by atoms with E-state index in [-0.39, 0.29) is 12.5 Å². The van der Waals surface area contributed by atoms with Crippen molar-refractivity contribution in [2.24, 2.45) is 0 Å². The second kappa shape index (κ2) is 7.05. The number of carbonyl (C=O) groups is 2. The van der Waals surface area contributed by atoms with E-state index in [9.17, 15) is 9.59 Å². The number of amides is 1. The number of rotatable bonds is 3. The van der Waals surface area contributed by atoms with Crippen LogP contribution in [0.3, 0.4) is 0 Å². The lowest BCUT2D eigenvalue weighted by molar-refractivity contribution is -0.121. The van der Waals surface area contributed by atoms with E-state index < -0.39 is 5.97 Å². The van der Waals surface area contributed by atoms with Gasteiger partial charge in [-0.1, -0.05) is 22.0 Å². The average molecular weight is 390 g/mol. The first kappa shape index (κ1) is 16.5. The molecule has 24 heavy (non-hydrogen) atoms. The molecule has 1 aliphatic heterocycles. The molecule has 3 rings (SSSR count). The van der Waals surface area contributed by atoms with Crippen LogP contribution in [-0.2, 0) is 9.53 Å². The predicted molar refractivity (Wildman–Crippen MR) is 93.5 cm³/mol. The fourth-order valence-electron chi connectivity index (χ4n) is 2.46. The van der Waals surface area contributed by atoms with Crippen LogP contribution in [0.1, 0.15) is 15.9 Å². The van der Waals surface area contributed by atoms with Gasteiger partial charge >= 0.3 is 5.97 Å². The molecule has 1 amide bonds. The van der Waals surface area contributed by atoms with Crippen LogP contribution in [-0.4, -0.2) is 31.6 Å². The van der Waals surface area contributed by atoms with Crippen LogP contribution in [0.5, 0.6) is 5.75 Å². The van der Waals surface area contributed by atoms with E-state index in [1.165, 1.54) is 0 Å². The van der Waals surface area contributed by atoms with Crippen molar-refractivity contribution in [3.05, 3.63) is 58.1 Å². The van der Waals surface area contributed by atoms with Gasteiger partial charge in [0.05, 0.1) is 17.8 Å². The molecule has 0 fully saturated rings. The first-order valence-corrected chi connectivity index (χ1v) is 8.30. The summed E-state index contributed by atoms with van der Waals surface area (Å²) in [5.74, 6) is -0.122. The number of hydrogen-bond donors (Lipinski definition) is 0. The van der Waals surface area contributed by atoms with Crippen LogP contribution >= 0.6 is 15.9 Å². The minimum Gasteiger partial charge on any atom is -0.490 e. The fraction of sp³-hybridized carbons (Fsp3) is 0.222. The molecule has 2 aromatic rings. The monoisotopic (exact) mass is 389 g/mol. The Balaban J connectivity index is 1.67. The zero-order valence-electron chi connectivity index (χ0n) is 13.1. The van der Waals surface area contributed by atoms with Crippen LogP contribution < -0.4 is 9.64 Å². The molecule has 1 aliphatic rings. The van der Waals surface area contributed by atoms with Gasteiger partial charge in [0.2, 0.25) is 0 Å². The summed E-state index contributed by atoms with van der Waals surface area (Å²) in [6.07, 6.45) is 0. The third-order valence-electron chi connectivity index (χ3n) is 3.69. The summed E-state index contributed by atoms with van der Waals surface area (Å²) >= 11 is 3.31. The third-order valence-corrected chi connectivity index (χ3v) is 4.21. The molecular weight excluding hydrogens is 374 g/mol. The molecule has 1 heterocycles. The van der Waals surface area contributed by atoms with Gasteiger partial charge in [0.25, 0.3) is 5.91 Å². The smallest absolute Gasteiger partial charge is 0.338 e. The highest BCUT2D eigenvalue weighted by atomic mass is 79.9. The Morgan fingerprint density at radius 2 is 1.96 bits per heavy atom. The van der Waals surface area contributed by atoms with Gasteiger partial charge in [-0.15, -0.1) is 0 Å². The highest BCUT2D eigenvalue weighted by molar-refractivity contribution is 9.10. The second-order valence-electron chi connectivity index (χ2n) is 5.45. The van der Waals surface area contributed by atoms with Gasteiger partial charge in [0.1, 0.15) is 12.4 Å². The van der Waals surface area contributed by atoms with Gasteiger partial charge in [-0.3, -0.25) is 4.79 Å². The van der Waals surface area contributed by atoms with E-state index in [2.05, 4.69) is 15.9 Å². The van der Waals surface area contributed by atoms with Gasteiger partial charge in [-0.2, -0.15) is 0 Å². The van der Waals surface area contributed by atoms with Crippen molar-refractivity contribution in [1.82, 2.24) is 0 Å². The first-order chi connectivity index (χ1) is 11.5. The quantitative estimate of drug-likeness (QED) is 0.755. The summed E-state index contributed by atoms with van der Waals surface area (Å²) in [5, 5.41) is 0. The van der Waals surface area contributed by atoms with Gasteiger partial charge in [0.15, 0.2) is 6.61 Å². The van der Waals surface area contributed by atoms with Crippen LogP contribution in [0.2, 0.25) is 0 Å². The zero-order chi connectivity index (χ0) is 17.1. The normalized spacial score (nSPS) is 13.0. The molecule has 0 unspecified atom stereocenters. The number of anilines is 1. The van der Waals surface area contributed by atoms with Crippen molar-refractivity contribution < 1.29 is 19.1 Å². The summed E-state index contributed by atoms with van der Waals surface area (Å²) in [7, 11) is 0. The standard InChI is InChI=1S/C18H16BrNO4/c1-12-2-7-16-15(10-12)20(8-9-23-16)17(21)11-24-18(22)13-3-5-14(19)6-4-13/h2-7,10H,8-9,11H2,1H3. The van der Waals surface area contributed by atoms with E-state index in [1.807, 2.05) is 25.1 Å². The average Bonchev–Trinajstić information content (AvgIpc) is 2.59. The summed E-state index contributed by atoms with van der Waals surface area (Å²) in [6.45, 7) is 2.50. The van der Waals surface area contributed by atoms with Crippen molar-refractivity contribution in [3.63, 3.8) is 0 Å². The number of hydrogen-bond acceptors (Lipinski definition) is 4. The summed E-state index contributed by atoms with van der Waals surface area (Å²) in [5.41, 5.74) is 2.15. The number of aryl methyl sites for hydroxylation is 1. The minimum atomic E-state index is -0.520. The van der Waals surface area contributed by atoms with Gasteiger partial charge < -0.3 is 14.4 Å². The van der Waals surface area contributed by atoms with Gasteiger partial charge in [-0.05, 0) is 48.9 Å². The van der Waals surface area contributed by atoms with E-state index in [1.54, 1.807) is 29.2 Å². The van der Waals surface area contributed by atoms with E-state index in [0.717, 1.165) is 10.0 Å². The molecule has 0 atom stereocenters. The highest BCUT2D eigenvalue weighted by Gasteiger charge is 2.24. The molecule has 2 aromatic carbocycles. The van der Waals surface area contributed by atoms with Crippen molar-refractivity contribution in [1.29, 1.82) is 0 Å². The molecule has 6 heteroatoms. The Labute approximate surface area is 148 Å². The maximum Gasteiger partial charge on any atom is 0.338 e. The number of halogens is 1. The number of ether oxygens (including phenoxy) is 2. The third kappa shape index (κ3) is 3.59. The number of carbonyl (C=O) groups excluding carboxylic acids is 2. The molecule has 0 bridgehead atoms. The second-order valence-corrected chi connectivity index (χ2v) is 6.36. The number of benzene rings is 2. The first-order valence-electron chi connectivity index (χ1n) is 7.51. The Morgan fingerprint density at radius 1 is 1.21 bits per heavy atom. The van der Waals surface area contributed by atoms with Crippen molar-refractivity contribution in [3.8, 4) is 5.75 Å². The highest BCUT2D eigenvalue weighted by Crippen LogP contribution is 2.32. The van der Waals surface area contributed by atoms with Gasteiger partial charge in [-0.25, -0.2) is 4.79 Å². The fourth-order valence-corrected chi connectivity index (χ4v) is 2.73. The SMILES string of the molecule is Cc1ccc2c(c1)N(C(=O)COC(=O)c1ccc(Br)cc1)CCO2. The molecule has 0 saturated heterocycles. The van der Waals surface area contributed by atoms with Gasteiger partial charge in [0, 0.05) is 4.47 Å². The Morgan fingerprint density at radius 3 is 2.71 bits per heavy atom. The molecule has 124 valence electrons. The maximum atomic E-state index is 12.4. The molecule has 0 spiro atoms. The largest absolute Gasteiger partial charge is 0.490 e. The molecule has 0 aromatic heterocycles. The summed E-state index contributed by atoms with van der Waals surface area (Å²) in [6, 6.07) is 12.5. The molecule has 0 N–H and O–H groups in total. The van der Waals surface area contributed by atoms with E-state index in [0.29, 0.717) is 30.2 Å².